The molecule has 2 atom stereocenters. The summed E-state index contributed by atoms with van der Waals surface area (Å²) in [6.45, 7) is 6.84. The molecular weight excluding hydrogens is 152 g/mol. The third-order valence-corrected chi connectivity index (χ3v) is 2.23. The van der Waals surface area contributed by atoms with Crippen LogP contribution in [0.3, 0.4) is 0 Å². The molecule has 0 aliphatic heterocycles. The Bertz CT molecular complexity index is 92.0. The third-order valence-electron chi connectivity index (χ3n) is 2.23. The van der Waals surface area contributed by atoms with Crippen LogP contribution in [0.4, 0.5) is 0 Å². The molecule has 0 aromatic rings. The van der Waals surface area contributed by atoms with E-state index in [1.54, 1.807) is 0 Å². The van der Waals surface area contributed by atoms with Gasteiger partial charge in [0.05, 0.1) is 0 Å². The van der Waals surface area contributed by atoms with Gasteiger partial charge in [-0.3, -0.25) is 0 Å². The van der Waals surface area contributed by atoms with Gasteiger partial charge in [0.25, 0.3) is 0 Å². The third kappa shape index (κ3) is 5.56. The van der Waals surface area contributed by atoms with E-state index in [1.165, 1.54) is 0 Å². The fourth-order valence-electron chi connectivity index (χ4n) is 1.62. The molecule has 2 heteroatoms. The molecule has 0 aliphatic rings. The zero-order valence-corrected chi connectivity index (χ0v) is 8.45. The first-order valence-corrected chi connectivity index (χ1v) is 4.81. The second kappa shape index (κ2) is 6.44. The van der Waals surface area contributed by atoms with Gasteiger partial charge in [-0.15, -0.1) is 0 Å². The summed E-state index contributed by atoms with van der Waals surface area (Å²) in [7, 11) is 0. The number of aliphatic hydroxyl groups is 2. The Kier molecular flexibility index (Phi) is 6.39. The molecule has 0 radical (unpaired) electrons. The maximum Gasteiger partial charge on any atom is 0.0456 e. The van der Waals surface area contributed by atoms with Crippen molar-refractivity contribution in [3.63, 3.8) is 0 Å². The minimum absolute atomic E-state index is 0.276. The normalized spacial score (nSPS) is 18.8. The van der Waals surface area contributed by atoms with Crippen molar-refractivity contribution in [1.29, 1.82) is 0 Å². The van der Waals surface area contributed by atoms with E-state index in [9.17, 15) is 0 Å². The summed E-state index contributed by atoms with van der Waals surface area (Å²) in [6.07, 6.45) is 2.11. The Morgan fingerprint density at radius 3 is 1.33 bits per heavy atom. The van der Waals surface area contributed by atoms with E-state index in [2.05, 4.69) is 20.8 Å². The van der Waals surface area contributed by atoms with Crippen LogP contribution >= 0.6 is 0 Å². The molecule has 12 heavy (non-hydrogen) atoms. The molecule has 74 valence electrons. The Morgan fingerprint density at radius 1 is 0.750 bits per heavy atom. The SMILES string of the molecule is CC(CO)CC(C)CC(C)CO. The van der Waals surface area contributed by atoms with E-state index in [1.807, 2.05) is 0 Å². The lowest BCUT2D eigenvalue weighted by molar-refractivity contribution is 0.185. The van der Waals surface area contributed by atoms with Gasteiger partial charge in [0.1, 0.15) is 0 Å². The summed E-state index contributed by atoms with van der Waals surface area (Å²) in [5.74, 6) is 1.39. The topological polar surface area (TPSA) is 40.5 Å². The van der Waals surface area contributed by atoms with Gasteiger partial charge in [0.2, 0.25) is 0 Å². The van der Waals surface area contributed by atoms with Crippen molar-refractivity contribution in [2.24, 2.45) is 17.8 Å². The average Bonchev–Trinajstić information content (AvgIpc) is 2.03. The van der Waals surface area contributed by atoms with Crippen LogP contribution in [0.5, 0.6) is 0 Å². The number of hydrogen-bond donors (Lipinski definition) is 2. The van der Waals surface area contributed by atoms with E-state index < -0.39 is 0 Å². The molecule has 2 nitrogen and oxygen atoms in total. The predicted octanol–water partition coefficient (Wildman–Crippen LogP) is 1.66. The van der Waals surface area contributed by atoms with Gasteiger partial charge >= 0.3 is 0 Å². The number of rotatable bonds is 6. The fraction of sp³-hybridized carbons (Fsp3) is 1.00. The molecule has 0 aliphatic carbocycles. The highest BCUT2D eigenvalue weighted by Crippen LogP contribution is 2.18. The molecule has 0 heterocycles. The minimum atomic E-state index is 0.276. The Morgan fingerprint density at radius 2 is 1.08 bits per heavy atom. The highest BCUT2D eigenvalue weighted by Gasteiger charge is 2.10. The summed E-state index contributed by atoms with van der Waals surface area (Å²) in [6, 6.07) is 0. The van der Waals surface area contributed by atoms with E-state index in [-0.39, 0.29) is 13.2 Å². The highest BCUT2D eigenvalue weighted by atomic mass is 16.3. The first-order chi connectivity index (χ1) is 5.60. The van der Waals surface area contributed by atoms with Gasteiger partial charge in [-0.05, 0) is 30.6 Å². The van der Waals surface area contributed by atoms with E-state index in [0.717, 1.165) is 12.8 Å². The summed E-state index contributed by atoms with van der Waals surface area (Å²) in [5, 5.41) is 17.7. The van der Waals surface area contributed by atoms with Gasteiger partial charge in [-0.25, -0.2) is 0 Å². The maximum atomic E-state index is 8.83. The summed E-state index contributed by atoms with van der Waals surface area (Å²) in [4.78, 5) is 0. The zero-order chi connectivity index (χ0) is 9.56. The Hall–Kier alpha value is -0.0800. The monoisotopic (exact) mass is 174 g/mol. The molecule has 0 aromatic carbocycles. The van der Waals surface area contributed by atoms with Crippen LogP contribution in [0.2, 0.25) is 0 Å². The largest absolute Gasteiger partial charge is 0.396 e. The van der Waals surface area contributed by atoms with Gasteiger partial charge < -0.3 is 10.2 Å². The van der Waals surface area contributed by atoms with Crippen LogP contribution < -0.4 is 0 Å². The van der Waals surface area contributed by atoms with Crippen LogP contribution in [0.25, 0.3) is 0 Å². The van der Waals surface area contributed by atoms with Crippen molar-refractivity contribution in [3.8, 4) is 0 Å². The van der Waals surface area contributed by atoms with Gasteiger partial charge in [0, 0.05) is 13.2 Å². The molecule has 2 N–H and O–H groups in total. The van der Waals surface area contributed by atoms with Gasteiger partial charge in [-0.2, -0.15) is 0 Å². The number of hydrogen-bond acceptors (Lipinski definition) is 2. The van der Waals surface area contributed by atoms with Crippen LogP contribution in [-0.2, 0) is 0 Å². The first kappa shape index (κ1) is 11.9. The van der Waals surface area contributed by atoms with Crippen LogP contribution in [0, 0.1) is 17.8 Å². The van der Waals surface area contributed by atoms with Crippen LogP contribution in [-0.4, -0.2) is 23.4 Å². The summed E-state index contributed by atoms with van der Waals surface area (Å²) < 4.78 is 0. The lowest BCUT2D eigenvalue weighted by Crippen LogP contribution is -2.11. The van der Waals surface area contributed by atoms with Gasteiger partial charge in [-0.1, -0.05) is 20.8 Å². The van der Waals surface area contributed by atoms with Crippen molar-refractivity contribution < 1.29 is 10.2 Å². The van der Waals surface area contributed by atoms with Crippen LogP contribution in [0.15, 0.2) is 0 Å². The molecule has 0 aromatic heterocycles. The van der Waals surface area contributed by atoms with E-state index >= 15 is 0 Å². The lowest BCUT2D eigenvalue weighted by atomic mass is 9.90. The quantitative estimate of drug-likeness (QED) is 0.643. The van der Waals surface area contributed by atoms with Crippen molar-refractivity contribution in [2.75, 3.05) is 13.2 Å². The van der Waals surface area contributed by atoms with E-state index in [4.69, 9.17) is 10.2 Å². The molecule has 0 saturated carbocycles. The Labute approximate surface area is 75.6 Å². The summed E-state index contributed by atoms with van der Waals surface area (Å²) >= 11 is 0. The highest BCUT2D eigenvalue weighted by molar-refractivity contribution is 4.62. The minimum Gasteiger partial charge on any atom is -0.396 e. The maximum absolute atomic E-state index is 8.83. The van der Waals surface area contributed by atoms with Gasteiger partial charge in [0.15, 0.2) is 0 Å². The molecule has 0 bridgehead atoms. The molecule has 0 rings (SSSR count). The van der Waals surface area contributed by atoms with Crippen molar-refractivity contribution in [2.45, 2.75) is 33.6 Å². The van der Waals surface area contributed by atoms with E-state index in [0.29, 0.717) is 17.8 Å². The smallest absolute Gasteiger partial charge is 0.0456 e. The second-order valence-electron chi connectivity index (χ2n) is 4.15. The molecule has 0 saturated heterocycles. The standard InChI is InChI=1S/C10H22O2/c1-8(4-9(2)6-11)5-10(3)7-12/h8-12H,4-7H2,1-3H3. The molecular formula is C10H22O2. The Balaban J connectivity index is 3.51. The zero-order valence-electron chi connectivity index (χ0n) is 8.45. The molecule has 0 amide bonds. The fourth-order valence-corrected chi connectivity index (χ4v) is 1.62. The van der Waals surface area contributed by atoms with Crippen molar-refractivity contribution in [3.05, 3.63) is 0 Å². The summed E-state index contributed by atoms with van der Waals surface area (Å²) in [5.41, 5.74) is 0. The average molecular weight is 174 g/mol. The first-order valence-electron chi connectivity index (χ1n) is 4.81. The molecule has 2 unspecified atom stereocenters. The van der Waals surface area contributed by atoms with Crippen molar-refractivity contribution in [1.82, 2.24) is 0 Å². The number of aliphatic hydroxyl groups excluding tert-OH is 2. The van der Waals surface area contributed by atoms with Crippen molar-refractivity contribution >= 4 is 0 Å². The lowest BCUT2D eigenvalue weighted by Gasteiger charge is -2.18. The predicted molar refractivity (Wildman–Crippen MR) is 50.9 cm³/mol. The second-order valence-corrected chi connectivity index (χ2v) is 4.15. The molecule has 0 fully saturated rings. The molecule has 0 spiro atoms. The van der Waals surface area contributed by atoms with Crippen LogP contribution in [0.1, 0.15) is 33.6 Å².